The molecule has 0 bridgehead atoms. The van der Waals surface area contributed by atoms with E-state index >= 15 is 0 Å². The molecule has 2 aromatic rings. The Morgan fingerprint density at radius 2 is 1.95 bits per heavy atom. The minimum Gasteiger partial charge on any atom is -0.497 e. The lowest BCUT2D eigenvalue weighted by Gasteiger charge is -2.06. The summed E-state index contributed by atoms with van der Waals surface area (Å²) < 4.78 is 10.6. The maximum atomic E-state index is 11.8. The third-order valence-electron chi connectivity index (χ3n) is 3.00. The molecule has 118 valence electrons. The fraction of sp³-hybridized carbons (Fsp3) is 0.375. The van der Waals surface area contributed by atoms with E-state index < -0.39 is 0 Å². The molecular weight excluding hydrogens is 300 g/mol. The van der Waals surface area contributed by atoms with Gasteiger partial charge in [-0.2, -0.15) is 0 Å². The van der Waals surface area contributed by atoms with Gasteiger partial charge < -0.3 is 14.8 Å². The number of benzene rings is 1. The molecule has 0 aliphatic heterocycles. The molecule has 0 saturated carbocycles. The van der Waals surface area contributed by atoms with Crippen molar-refractivity contribution >= 4 is 22.4 Å². The predicted molar refractivity (Wildman–Crippen MR) is 87.9 cm³/mol. The van der Waals surface area contributed by atoms with Gasteiger partial charge in [-0.1, -0.05) is 13.8 Å². The van der Waals surface area contributed by atoms with Gasteiger partial charge in [-0.25, -0.2) is 4.98 Å². The highest BCUT2D eigenvalue weighted by Crippen LogP contribution is 2.25. The number of ether oxygens (including phenoxy) is 2. The van der Waals surface area contributed by atoms with Crippen LogP contribution in [0.15, 0.2) is 30.5 Å². The summed E-state index contributed by atoms with van der Waals surface area (Å²) in [5.41, 5.74) is 0. The molecule has 0 fully saturated rings. The van der Waals surface area contributed by atoms with Crippen LogP contribution in [0.25, 0.3) is 0 Å². The lowest BCUT2D eigenvalue weighted by Crippen LogP contribution is -2.14. The van der Waals surface area contributed by atoms with E-state index in [2.05, 4.69) is 24.1 Å². The number of carbonyl (C=O) groups excluding carboxylic acids is 1. The highest BCUT2D eigenvalue weighted by atomic mass is 32.1. The monoisotopic (exact) mass is 320 g/mol. The number of amides is 1. The van der Waals surface area contributed by atoms with Crippen molar-refractivity contribution in [3.05, 3.63) is 35.3 Å². The van der Waals surface area contributed by atoms with Gasteiger partial charge in [-0.15, -0.1) is 11.3 Å². The molecule has 0 aliphatic carbocycles. The zero-order valence-electron chi connectivity index (χ0n) is 13.0. The summed E-state index contributed by atoms with van der Waals surface area (Å²) in [5.74, 6) is 1.81. The van der Waals surface area contributed by atoms with Gasteiger partial charge in [0, 0.05) is 11.1 Å². The van der Waals surface area contributed by atoms with E-state index in [1.165, 1.54) is 11.3 Å². The Morgan fingerprint density at radius 1 is 1.27 bits per heavy atom. The van der Waals surface area contributed by atoms with Crippen molar-refractivity contribution in [1.82, 2.24) is 4.98 Å². The second kappa shape index (κ2) is 7.79. The smallest absolute Gasteiger partial charge is 0.229 e. The fourth-order valence-electron chi connectivity index (χ4n) is 1.73. The Morgan fingerprint density at radius 3 is 2.55 bits per heavy atom. The highest BCUT2D eigenvalue weighted by molar-refractivity contribution is 7.15. The number of nitrogens with zero attached hydrogens (tertiary/aromatic N) is 1. The third-order valence-corrected chi connectivity index (χ3v) is 4.21. The van der Waals surface area contributed by atoms with Crippen molar-refractivity contribution in [1.29, 1.82) is 0 Å². The molecule has 0 spiro atoms. The number of thiazole rings is 1. The highest BCUT2D eigenvalue weighted by Gasteiger charge is 2.09. The van der Waals surface area contributed by atoms with E-state index in [4.69, 9.17) is 9.47 Å². The van der Waals surface area contributed by atoms with Crippen LogP contribution in [0.5, 0.6) is 11.5 Å². The second-order valence-corrected chi connectivity index (χ2v) is 6.11. The molecule has 0 aliphatic rings. The van der Waals surface area contributed by atoms with Gasteiger partial charge in [0.05, 0.1) is 20.1 Å². The Balaban J connectivity index is 1.74. The number of hydrogen-bond acceptors (Lipinski definition) is 5. The lowest BCUT2D eigenvalue weighted by atomic mass is 10.2. The van der Waals surface area contributed by atoms with Crippen molar-refractivity contribution in [2.24, 2.45) is 0 Å². The van der Waals surface area contributed by atoms with E-state index in [9.17, 15) is 4.79 Å². The quantitative estimate of drug-likeness (QED) is 0.845. The standard InChI is InChI=1S/C16H20N2O3S/c1-11(2)14-10-17-16(22-14)18-15(19)8-9-21-13-6-4-12(20-3)5-7-13/h4-7,10-11H,8-9H2,1-3H3,(H,17,18,19). The minimum absolute atomic E-state index is 0.0989. The number of aromatic nitrogens is 1. The zero-order valence-corrected chi connectivity index (χ0v) is 13.8. The Kier molecular flexibility index (Phi) is 5.77. The van der Waals surface area contributed by atoms with E-state index in [0.29, 0.717) is 23.4 Å². The summed E-state index contributed by atoms with van der Waals surface area (Å²) in [4.78, 5) is 17.2. The van der Waals surface area contributed by atoms with Gasteiger partial charge in [0.25, 0.3) is 0 Å². The number of methoxy groups -OCH3 is 1. The molecule has 0 unspecified atom stereocenters. The van der Waals surface area contributed by atoms with Crippen LogP contribution in [0.3, 0.4) is 0 Å². The average molecular weight is 320 g/mol. The van der Waals surface area contributed by atoms with Gasteiger partial charge in [0.2, 0.25) is 5.91 Å². The van der Waals surface area contributed by atoms with Crippen molar-refractivity contribution in [3.63, 3.8) is 0 Å². The molecule has 2 rings (SSSR count). The molecule has 1 aromatic carbocycles. The van der Waals surface area contributed by atoms with Crippen LogP contribution in [0, 0.1) is 0 Å². The Bertz CT molecular complexity index is 608. The maximum Gasteiger partial charge on any atom is 0.229 e. The van der Waals surface area contributed by atoms with Crippen LogP contribution in [-0.4, -0.2) is 24.6 Å². The summed E-state index contributed by atoms with van der Waals surface area (Å²) in [6, 6.07) is 7.26. The van der Waals surface area contributed by atoms with Crippen molar-refractivity contribution < 1.29 is 14.3 Å². The summed E-state index contributed by atoms with van der Waals surface area (Å²) in [6.45, 7) is 4.52. The molecule has 0 saturated heterocycles. The first kappa shape index (κ1) is 16.3. The predicted octanol–water partition coefficient (Wildman–Crippen LogP) is 3.68. The summed E-state index contributed by atoms with van der Waals surface area (Å²) >= 11 is 1.51. The lowest BCUT2D eigenvalue weighted by molar-refractivity contribution is -0.116. The molecule has 0 atom stereocenters. The molecule has 1 heterocycles. The van der Waals surface area contributed by atoms with Crippen LogP contribution in [0.2, 0.25) is 0 Å². The summed E-state index contributed by atoms with van der Waals surface area (Å²) in [5, 5.41) is 3.43. The van der Waals surface area contributed by atoms with E-state index in [1.54, 1.807) is 13.3 Å². The van der Waals surface area contributed by atoms with Gasteiger partial charge in [-0.05, 0) is 30.2 Å². The van der Waals surface area contributed by atoms with E-state index in [-0.39, 0.29) is 12.3 Å². The first-order chi connectivity index (χ1) is 10.6. The van der Waals surface area contributed by atoms with Gasteiger partial charge in [0.1, 0.15) is 11.5 Å². The van der Waals surface area contributed by atoms with Gasteiger partial charge in [0.15, 0.2) is 5.13 Å². The fourth-order valence-corrected chi connectivity index (χ4v) is 2.56. The second-order valence-electron chi connectivity index (χ2n) is 5.04. The molecular formula is C16H20N2O3S. The molecule has 1 N–H and O–H groups in total. The normalized spacial score (nSPS) is 10.5. The first-order valence-corrected chi connectivity index (χ1v) is 7.92. The van der Waals surface area contributed by atoms with E-state index in [1.807, 2.05) is 24.3 Å². The molecule has 1 amide bonds. The summed E-state index contributed by atoms with van der Waals surface area (Å²) in [7, 11) is 1.61. The van der Waals surface area contributed by atoms with Crippen molar-refractivity contribution in [3.8, 4) is 11.5 Å². The van der Waals surface area contributed by atoms with Crippen LogP contribution >= 0.6 is 11.3 Å². The van der Waals surface area contributed by atoms with Gasteiger partial charge >= 0.3 is 0 Å². The van der Waals surface area contributed by atoms with Crippen LogP contribution in [-0.2, 0) is 4.79 Å². The van der Waals surface area contributed by atoms with Gasteiger partial charge in [-0.3, -0.25) is 4.79 Å². The largest absolute Gasteiger partial charge is 0.497 e. The number of hydrogen-bond donors (Lipinski definition) is 1. The van der Waals surface area contributed by atoms with E-state index in [0.717, 1.165) is 10.6 Å². The number of anilines is 1. The molecule has 5 nitrogen and oxygen atoms in total. The molecule has 0 radical (unpaired) electrons. The van der Waals surface area contributed by atoms with Crippen molar-refractivity contribution in [2.45, 2.75) is 26.2 Å². The SMILES string of the molecule is COc1ccc(OCCC(=O)Nc2ncc(C(C)C)s2)cc1. The van der Waals surface area contributed by atoms with Crippen molar-refractivity contribution in [2.75, 3.05) is 19.0 Å². The number of nitrogens with one attached hydrogen (secondary N) is 1. The maximum absolute atomic E-state index is 11.8. The van der Waals surface area contributed by atoms with Crippen LogP contribution < -0.4 is 14.8 Å². The molecule has 6 heteroatoms. The van der Waals surface area contributed by atoms with Crippen LogP contribution in [0.1, 0.15) is 31.1 Å². The number of carbonyl (C=O) groups is 1. The molecule has 1 aromatic heterocycles. The molecule has 22 heavy (non-hydrogen) atoms. The Labute approximate surface area is 134 Å². The zero-order chi connectivity index (χ0) is 15.9. The third kappa shape index (κ3) is 4.73. The van der Waals surface area contributed by atoms with Crippen LogP contribution in [0.4, 0.5) is 5.13 Å². The Hall–Kier alpha value is -2.08. The average Bonchev–Trinajstić information content (AvgIpc) is 2.96. The topological polar surface area (TPSA) is 60.5 Å². The number of rotatable bonds is 7. The first-order valence-electron chi connectivity index (χ1n) is 7.11. The summed E-state index contributed by atoms with van der Waals surface area (Å²) in [6.07, 6.45) is 2.08. The minimum atomic E-state index is -0.0989.